The number of nitrogens with zero attached hydrogens (tertiary/aromatic N) is 3. The lowest BCUT2D eigenvalue weighted by Gasteiger charge is -1.99. The Morgan fingerprint density at radius 3 is 2.53 bits per heavy atom. The quantitative estimate of drug-likeness (QED) is 0.864. The van der Waals surface area contributed by atoms with Crippen molar-refractivity contribution in [3.05, 3.63) is 41.7 Å². The molecule has 2 rings (SSSR count). The Morgan fingerprint density at radius 2 is 1.82 bits per heavy atom. The first-order chi connectivity index (χ1) is 8.28. The molecule has 0 amide bonds. The summed E-state index contributed by atoms with van der Waals surface area (Å²) in [7, 11) is 1.49. The lowest BCUT2D eigenvalue weighted by atomic mass is 10.2. The number of benzene rings is 1. The van der Waals surface area contributed by atoms with Crippen molar-refractivity contribution in [3.8, 4) is 6.01 Å². The molecular formula is C12H12N4O. The molecule has 0 aliphatic carbocycles. The van der Waals surface area contributed by atoms with Gasteiger partial charge in [0, 0.05) is 0 Å². The number of hydrogen-bond acceptors (Lipinski definition) is 5. The second kappa shape index (κ2) is 5.07. The van der Waals surface area contributed by atoms with Crippen molar-refractivity contribution in [2.24, 2.45) is 0 Å². The molecule has 0 fully saturated rings. The number of methoxy groups -OCH3 is 1. The summed E-state index contributed by atoms with van der Waals surface area (Å²) < 4.78 is 4.91. The third kappa shape index (κ3) is 3.01. The van der Waals surface area contributed by atoms with E-state index in [1.807, 2.05) is 36.4 Å². The summed E-state index contributed by atoms with van der Waals surface area (Å²) in [5.41, 5.74) is 6.59. The van der Waals surface area contributed by atoms with E-state index < -0.39 is 0 Å². The second-order valence-corrected chi connectivity index (χ2v) is 3.28. The van der Waals surface area contributed by atoms with E-state index in [0.717, 1.165) is 5.56 Å². The van der Waals surface area contributed by atoms with E-state index in [9.17, 15) is 0 Å². The molecule has 0 aliphatic heterocycles. The highest BCUT2D eigenvalue weighted by Crippen LogP contribution is 2.08. The minimum absolute atomic E-state index is 0.143. The standard InChI is InChI=1S/C12H12N4O/c1-17-12-15-10(14-11(13)16-12)8-7-9-5-3-2-4-6-9/h2-8H,1H3,(H2,13,14,15,16)/b8-7+. The van der Waals surface area contributed by atoms with Crippen LogP contribution in [0, 0.1) is 0 Å². The van der Waals surface area contributed by atoms with Crippen LogP contribution in [0.5, 0.6) is 6.01 Å². The average molecular weight is 228 g/mol. The number of nitrogen functional groups attached to an aromatic ring is 1. The third-order valence-electron chi connectivity index (χ3n) is 2.06. The number of hydrogen-bond donors (Lipinski definition) is 1. The summed E-state index contributed by atoms with van der Waals surface area (Å²) >= 11 is 0. The van der Waals surface area contributed by atoms with Gasteiger partial charge in [0.25, 0.3) is 0 Å². The largest absolute Gasteiger partial charge is 0.467 e. The molecule has 0 aliphatic rings. The maximum atomic E-state index is 5.53. The fourth-order valence-corrected chi connectivity index (χ4v) is 1.29. The Hall–Kier alpha value is -2.43. The highest BCUT2D eigenvalue weighted by atomic mass is 16.5. The van der Waals surface area contributed by atoms with Crippen molar-refractivity contribution in [2.75, 3.05) is 12.8 Å². The van der Waals surface area contributed by atoms with Gasteiger partial charge >= 0.3 is 6.01 Å². The average Bonchev–Trinajstić information content (AvgIpc) is 2.37. The van der Waals surface area contributed by atoms with Crippen LogP contribution in [-0.2, 0) is 0 Å². The monoisotopic (exact) mass is 228 g/mol. The molecule has 0 saturated heterocycles. The zero-order valence-corrected chi connectivity index (χ0v) is 9.37. The second-order valence-electron chi connectivity index (χ2n) is 3.28. The number of ether oxygens (including phenoxy) is 1. The highest BCUT2D eigenvalue weighted by molar-refractivity contribution is 5.66. The number of rotatable bonds is 3. The number of aromatic nitrogens is 3. The van der Waals surface area contributed by atoms with Crippen LogP contribution in [0.15, 0.2) is 30.3 Å². The molecule has 5 heteroatoms. The van der Waals surface area contributed by atoms with Crippen LogP contribution in [-0.4, -0.2) is 22.1 Å². The van der Waals surface area contributed by atoms with E-state index >= 15 is 0 Å². The first-order valence-electron chi connectivity index (χ1n) is 5.06. The first kappa shape index (κ1) is 11.1. The fraction of sp³-hybridized carbons (Fsp3) is 0.0833. The van der Waals surface area contributed by atoms with Crippen molar-refractivity contribution in [3.63, 3.8) is 0 Å². The molecule has 1 heterocycles. The summed E-state index contributed by atoms with van der Waals surface area (Å²) in [6, 6.07) is 10.1. The summed E-state index contributed by atoms with van der Waals surface area (Å²) in [6.45, 7) is 0. The van der Waals surface area contributed by atoms with E-state index in [1.165, 1.54) is 7.11 Å². The van der Waals surface area contributed by atoms with Gasteiger partial charge in [0.1, 0.15) is 0 Å². The summed E-state index contributed by atoms with van der Waals surface area (Å²) in [5.74, 6) is 0.614. The zero-order chi connectivity index (χ0) is 12.1. The van der Waals surface area contributed by atoms with Gasteiger partial charge in [-0.15, -0.1) is 0 Å². The minimum Gasteiger partial charge on any atom is -0.467 e. The Labute approximate surface area is 99.0 Å². The molecular weight excluding hydrogens is 216 g/mol. The Kier molecular flexibility index (Phi) is 3.30. The molecule has 0 spiro atoms. The Bertz CT molecular complexity index is 525. The summed E-state index contributed by atoms with van der Waals surface area (Å²) in [6.07, 6.45) is 3.66. The van der Waals surface area contributed by atoms with Gasteiger partial charge in [-0.2, -0.15) is 15.0 Å². The van der Waals surface area contributed by atoms with Crippen LogP contribution in [0.4, 0.5) is 5.95 Å². The van der Waals surface area contributed by atoms with Gasteiger partial charge in [0.2, 0.25) is 5.95 Å². The van der Waals surface area contributed by atoms with Crippen molar-refractivity contribution < 1.29 is 4.74 Å². The van der Waals surface area contributed by atoms with E-state index in [-0.39, 0.29) is 12.0 Å². The van der Waals surface area contributed by atoms with Crippen LogP contribution in [0.2, 0.25) is 0 Å². The van der Waals surface area contributed by atoms with Crippen LogP contribution >= 0.6 is 0 Å². The van der Waals surface area contributed by atoms with Gasteiger partial charge in [0.15, 0.2) is 5.82 Å². The van der Waals surface area contributed by atoms with E-state index in [0.29, 0.717) is 5.82 Å². The summed E-state index contributed by atoms with van der Waals surface area (Å²) in [5, 5.41) is 0. The van der Waals surface area contributed by atoms with Crippen molar-refractivity contribution >= 4 is 18.1 Å². The van der Waals surface area contributed by atoms with Crippen LogP contribution in [0.1, 0.15) is 11.4 Å². The molecule has 0 bridgehead atoms. The van der Waals surface area contributed by atoms with Crippen LogP contribution < -0.4 is 10.5 Å². The smallest absolute Gasteiger partial charge is 0.321 e. The Balaban J connectivity index is 2.24. The molecule has 86 valence electrons. The van der Waals surface area contributed by atoms with Crippen molar-refractivity contribution in [1.29, 1.82) is 0 Å². The van der Waals surface area contributed by atoms with Gasteiger partial charge in [-0.3, -0.25) is 0 Å². The van der Waals surface area contributed by atoms with Gasteiger partial charge in [-0.05, 0) is 11.6 Å². The third-order valence-corrected chi connectivity index (χ3v) is 2.06. The van der Waals surface area contributed by atoms with Gasteiger partial charge < -0.3 is 10.5 Å². The minimum atomic E-state index is 0.143. The van der Waals surface area contributed by atoms with Crippen LogP contribution in [0.25, 0.3) is 12.2 Å². The molecule has 0 radical (unpaired) electrons. The fourth-order valence-electron chi connectivity index (χ4n) is 1.29. The molecule has 0 atom stereocenters. The number of anilines is 1. The highest BCUT2D eigenvalue weighted by Gasteiger charge is 2.00. The molecule has 5 nitrogen and oxygen atoms in total. The van der Waals surface area contributed by atoms with Crippen molar-refractivity contribution in [1.82, 2.24) is 15.0 Å². The molecule has 2 N–H and O–H groups in total. The van der Waals surface area contributed by atoms with Gasteiger partial charge in [-0.25, -0.2) is 0 Å². The molecule has 17 heavy (non-hydrogen) atoms. The van der Waals surface area contributed by atoms with E-state index in [4.69, 9.17) is 10.5 Å². The predicted octanol–water partition coefficient (Wildman–Crippen LogP) is 1.63. The Morgan fingerprint density at radius 1 is 1.06 bits per heavy atom. The van der Waals surface area contributed by atoms with Gasteiger partial charge in [-0.1, -0.05) is 36.4 Å². The maximum Gasteiger partial charge on any atom is 0.321 e. The lowest BCUT2D eigenvalue weighted by molar-refractivity contribution is 0.378. The zero-order valence-electron chi connectivity index (χ0n) is 9.37. The molecule has 0 unspecified atom stereocenters. The molecule has 2 aromatic rings. The molecule has 1 aromatic carbocycles. The lowest BCUT2D eigenvalue weighted by Crippen LogP contribution is -2.02. The first-order valence-corrected chi connectivity index (χ1v) is 5.06. The maximum absolute atomic E-state index is 5.53. The predicted molar refractivity (Wildman–Crippen MR) is 66.2 cm³/mol. The normalized spacial score (nSPS) is 10.6. The van der Waals surface area contributed by atoms with Gasteiger partial charge in [0.05, 0.1) is 7.11 Å². The summed E-state index contributed by atoms with van der Waals surface area (Å²) in [4.78, 5) is 11.8. The van der Waals surface area contributed by atoms with Crippen molar-refractivity contribution in [2.45, 2.75) is 0 Å². The molecule has 1 aromatic heterocycles. The SMILES string of the molecule is COc1nc(N)nc(/C=C/c2ccccc2)n1. The topological polar surface area (TPSA) is 73.9 Å². The van der Waals surface area contributed by atoms with E-state index in [1.54, 1.807) is 6.08 Å². The molecule has 0 saturated carbocycles. The van der Waals surface area contributed by atoms with Crippen LogP contribution in [0.3, 0.4) is 0 Å². The number of nitrogens with two attached hydrogens (primary N) is 1. The van der Waals surface area contributed by atoms with E-state index in [2.05, 4.69) is 15.0 Å².